The van der Waals surface area contributed by atoms with Crippen LogP contribution in [0.1, 0.15) is 32.6 Å². The van der Waals surface area contributed by atoms with E-state index in [1.165, 1.54) is 0 Å². The van der Waals surface area contributed by atoms with Gasteiger partial charge in [0.25, 0.3) is 5.91 Å². The molecule has 12 nitrogen and oxygen atoms in total. The standard InChI is InChI=1S/C17H27N3O9S/c1-3-4-7-29-16(26)12(21)9-30-8-11(14(23)20(2)17(27)28)19-13(22)6-5-10(18)15(24)25/h10-11H,3-9,18H2,1-2H3,(H,19,22)(H,24,25)(H,27,28). The maximum absolute atomic E-state index is 12.3. The van der Waals surface area contributed by atoms with Crippen LogP contribution in [-0.2, 0) is 28.7 Å². The zero-order valence-corrected chi connectivity index (χ0v) is 17.6. The number of carbonyl (C=O) groups excluding carboxylic acids is 4. The van der Waals surface area contributed by atoms with Crippen molar-refractivity contribution in [1.29, 1.82) is 0 Å². The first-order valence-corrected chi connectivity index (χ1v) is 10.2. The summed E-state index contributed by atoms with van der Waals surface area (Å²) in [6, 6.07) is -2.58. The molecule has 0 bridgehead atoms. The number of nitrogens with one attached hydrogen (secondary N) is 1. The molecule has 0 heterocycles. The van der Waals surface area contributed by atoms with Gasteiger partial charge in [0.2, 0.25) is 11.7 Å². The molecule has 30 heavy (non-hydrogen) atoms. The largest absolute Gasteiger partial charge is 0.480 e. The molecule has 0 saturated carbocycles. The summed E-state index contributed by atoms with van der Waals surface area (Å²) >= 11 is 0.841. The summed E-state index contributed by atoms with van der Waals surface area (Å²) in [5.41, 5.74) is 5.31. The van der Waals surface area contributed by atoms with Gasteiger partial charge in [-0.1, -0.05) is 13.3 Å². The van der Waals surface area contributed by atoms with Gasteiger partial charge in [0.05, 0.1) is 12.4 Å². The number of carbonyl (C=O) groups is 6. The van der Waals surface area contributed by atoms with Gasteiger partial charge in [-0.2, -0.15) is 11.8 Å². The van der Waals surface area contributed by atoms with E-state index in [-0.39, 0.29) is 31.0 Å². The number of thioether (sulfide) groups is 1. The zero-order chi connectivity index (χ0) is 23.3. The average molecular weight is 449 g/mol. The number of esters is 1. The molecule has 0 aliphatic heterocycles. The fourth-order valence-corrected chi connectivity index (χ4v) is 2.78. The zero-order valence-electron chi connectivity index (χ0n) is 16.8. The first-order chi connectivity index (χ1) is 14.0. The van der Waals surface area contributed by atoms with Gasteiger partial charge >= 0.3 is 18.0 Å². The van der Waals surface area contributed by atoms with Crippen LogP contribution in [0.25, 0.3) is 0 Å². The van der Waals surface area contributed by atoms with E-state index in [1.54, 1.807) is 0 Å². The Kier molecular flexibility index (Phi) is 13.1. The molecule has 2 unspecified atom stereocenters. The number of imide groups is 1. The van der Waals surface area contributed by atoms with Crippen molar-refractivity contribution >= 4 is 47.4 Å². The lowest BCUT2D eigenvalue weighted by Gasteiger charge is -2.21. The van der Waals surface area contributed by atoms with Gasteiger partial charge in [0.1, 0.15) is 12.1 Å². The molecule has 0 rings (SSSR count). The third-order valence-corrected chi connectivity index (χ3v) is 4.76. The van der Waals surface area contributed by atoms with Crippen molar-refractivity contribution in [3.8, 4) is 0 Å². The number of unbranched alkanes of at least 4 members (excludes halogenated alkanes) is 1. The number of carboxylic acid groups (broad SMARTS) is 2. The Hall–Kier alpha value is -2.67. The number of ether oxygens (including phenoxy) is 1. The lowest BCUT2D eigenvalue weighted by atomic mass is 10.1. The highest BCUT2D eigenvalue weighted by atomic mass is 32.2. The highest BCUT2D eigenvalue weighted by Crippen LogP contribution is 2.08. The maximum atomic E-state index is 12.3. The molecular weight excluding hydrogens is 422 g/mol. The minimum absolute atomic E-state index is 0.116. The Bertz CT molecular complexity index is 656. The van der Waals surface area contributed by atoms with E-state index in [4.69, 9.17) is 20.7 Å². The molecule has 0 aliphatic rings. The van der Waals surface area contributed by atoms with Gasteiger partial charge in [-0.15, -0.1) is 0 Å². The van der Waals surface area contributed by atoms with Crippen LogP contribution < -0.4 is 11.1 Å². The monoisotopic (exact) mass is 449 g/mol. The average Bonchev–Trinajstić information content (AvgIpc) is 2.69. The van der Waals surface area contributed by atoms with Crippen molar-refractivity contribution in [2.24, 2.45) is 5.73 Å². The quantitative estimate of drug-likeness (QED) is 0.151. The SMILES string of the molecule is CCCCOC(=O)C(=O)CSCC(NC(=O)CCC(N)C(=O)O)C(=O)N(C)C(=O)O. The summed E-state index contributed by atoms with van der Waals surface area (Å²) in [4.78, 5) is 69.6. The molecular formula is C17H27N3O9S. The van der Waals surface area contributed by atoms with Crippen LogP contribution >= 0.6 is 11.8 Å². The number of likely N-dealkylation sites (N-methyl/N-ethyl adjacent to an activating group) is 1. The second kappa shape index (κ2) is 14.3. The van der Waals surface area contributed by atoms with Gasteiger partial charge in [-0.3, -0.25) is 19.2 Å². The molecule has 0 aromatic heterocycles. The van der Waals surface area contributed by atoms with Crippen molar-refractivity contribution in [2.45, 2.75) is 44.7 Å². The van der Waals surface area contributed by atoms with Gasteiger partial charge < -0.3 is 26.0 Å². The fourth-order valence-electron chi connectivity index (χ4n) is 1.90. The Morgan fingerprint density at radius 1 is 1.17 bits per heavy atom. The van der Waals surface area contributed by atoms with Gasteiger partial charge in [0.15, 0.2) is 0 Å². The Morgan fingerprint density at radius 2 is 1.80 bits per heavy atom. The number of nitrogens with two attached hydrogens (primary N) is 1. The summed E-state index contributed by atoms with van der Waals surface area (Å²) in [5.74, 6) is -5.31. The van der Waals surface area contributed by atoms with Crippen molar-refractivity contribution < 1.29 is 43.7 Å². The first kappa shape index (κ1) is 27.3. The number of carboxylic acids is 1. The summed E-state index contributed by atoms with van der Waals surface area (Å²) in [6.07, 6.45) is -0.642. The number of aliphatic carboxylic acids is 1. The smallest absolute Gasteiger partial charge is 0.413 e. The normalized spacial score (nSPS) is 12.4. The minimum Gasteiger partial charge on any atom is -0.480 e. The van der Waals surface area contributed by atoms with Crippen LogP contribution in [0.5, 0.6) is 0 Å². The number of nitrogens with zero attached hydrogens (tertiary/aromatic N) is 1. The lowest BCUT2D eigenvalue weighted by molar-refractivity contribution is -0.152. The number of Topliss-reactive ketones (excluding diaryl/α,β-unsaturated/α-hetero) is 1. The molecule has 170 valence electrons. The van der Waals surface area contributed by atoms with E-state index in [0.717, 1.165) is 25.2 Å². The molecule has 0 radical (unpaired) electrons. The van der Waals surface area contributed by atoms with Gasteiger partial charge in [-0.05, 0) is 12.8 Å². The van der Waals surface area contributed by atoms with Crippen molar-refractivity contribution in [1.82, 2.24) is 10.2 Å². The summed E-state index contributed by atoms with van der Waals surface area (Å²) in [5, 5.41) is 20.0. The Labute approximate surface area is 177 Å². The molecule has 0 spiro atoms. The minimum atomic E-state index is -1.55. The highest BCUT2D eigenvalue weighted by Gasteiger charge is 2.28. The number of amides is 3. The van der Waals surface area contributed by atoms with E-state index in [0.29, 0.717) is 11.3 Å². The van der Waals surface area contributed by atoms with Gasteiger partial charge in [0, 0.05) is 19.2 Å². The van der Waals surface area contributed by atoms with E-state index in [2.05, 4.69) is 5.32 Å². The van der Waals surface area contributed by atoms with E-state index < -0.39 is 47.7 Å². The molecule has 0 saturated heterocycles. The van der Waals surface area contributed by atoms with Crippen LogP contribution in [0.2, 0.25) is 0 Å². The predicted octanol–water partition coefficient (Wildman–Crippen LogP) is -0.555. The van der Waals surface area contributed by atoms with Crippen LogP contribution in [0.4, 0.5) is 4.79 Å². The summed E-state index contributed by atoms with van der Waals surface area (Å²) in [6.45, 7) is 2.01. The third-order valence-electron chi connectivity index (χ3n) is 3.73. The Balaban J connectivity index is 4.82. The number of hydrogen-bond acceptors (Lipinski definition) is 9. The molecule has 13 heteroatoms. The van der Waals surface area contributed by atoms with Crippen LogP contribution in [0, 0.1) is 0 Å². The molecule has 3 amide bonds. The van der Waals surface area contributed by atoms with Crippen LogP contribution in [0.3, 0.4) is 0 Å². The maximum Gasteiger partial charge on any atom is 0.413 e. The predicted molar refractivity (Wildman–Crippen MR) is 106 cm³/mol. The molecule has 0 aliphatic carbocycles. The number of hydrogen-bond donors (Lipinski definition) is 4. The molecule has 0 aromatic carbocycles. The first-order valence-electron chi connectivity index (χ1n) is 9.07. The van der Waals surface area contributed by atoms with Crippen LogP contribution in [-0.4, -0.2) is 88.0 Å². The molecule has 5 N–H and O–H groups in total. The van der Waals surface area contributed by atoms with Crippen molar-refractivity contribution in [3.63, 3.8) is 0 Å². The second-order valence-corrected chi connectivity index (χ2v) is 7.24. The third kappa shape index (κ3) is 10.8. The van der Waals surface area contributed by atoms with Crippen molar-refractivity contribution in [3.05, 3.63) is 0 Å². The lowest BCUT2D eigenvalue weighted by Crippen LogP contribution is -2.50. The topological polar surface area (TPSA) is 193 Å². The van der Waals surface area contributed by atoms with E-state index >= 15 is 0 Å². The number of ketones is 1. The van der Waals surface area contributed by atoms with E-state index in [9.17, 15) is 28.8 Å². The molecule has 0 fully saturated rings. The van der Waals surface area contributed by atoms with Crippen molar-refractivity contribution in [2.75, 3.05) is 25.2 Å². The van der Waals surface area contributed by atoms with E-state index in [1.807, 2.05) is 6.92 Å². The van der Waals surface area contributed by atoms with Gasteiger partial charge in [-0.25, -0.2) is 14.5 Å². The Morgan fingerprint density at radius 3 is 2.33 bits per heavy atom. The fraction of sp³-hybridized carbons (Fsp3) is 0.647. The summed E-state index contributed by atoms with van der Waals surface area (Å²) in [7, 11) is 0.991. The second-order valence-electron chi connectivity index (χ2n) is 6.21. The molecule has 0 aromatic rings. The number of rotatable bonds is 14. The van der Waals surface area contributed by atoms with Crippen LogP contribution in [0.15, 0.2) is 0 Å². The highest BCUT2D eigenvalue weighted by molar-refractivity contribution is 8.00. The summed E-state index contributed by atoms with van der Waals surface area (Å²) < 4.78 is 4.77. The molecule has 2 atom stereocenters.